The Labute approximate surface area is 172 Å². The van der Waals surface area contributed by atoms with Gasteiger partial charge in [-0.1, -0.05) is 18.2 Å². The van der Waals surface area contributed by atoms with Crippen molar-refractivity contribution in [1.82, 2.24) is 9.88 Å². The van der Waals surface area contributed by atoms with E-state index in [0.717, 1.165) is 24.6 Å². The molecule has 2 aliphatic rings. The van der Waals surface area contributed by atoms with Crippen LogP contribution in [0.4, 0.5) is 22.0 Å². The van der Waals surface area contributed by atoms with Crippen molar-refractivity contribution in [3.63, 3.8) is 0 Å². The number of benzene rings is 1. The molecule has 0 radical (unpaired) electrons. The van der Waals surface area contributed by atoms with Crippen molar-refractivity contribution in [3.8, 4) is 0 Å². The molecule has 4 rings (SSSR count). The van der Waals surface area contributed by atoms with Gasteiger partial charge in [0.1, 0.15) is 5.82 Å². The number of carboxylic acid groups (broad SMARTS) is 1. The van der Waals surface area contributed by atoms with E-state index in [-0.39, 0.29) is 5.54 Å². The molecule has 3 heterocycles. The summed E-state index contributed by atoms with van der Waals surface area (Å²) in [6, 6.07) is 11.9. The summed E-state index contributed by atoms with van der Waals surface area (Å²) >= 11 is 0. The van der Waals surface area contributed by atoms with Crippen LogP contribution in [0.3, 0.4) is 0 Å². The van der Waals surface area contributed by atoms with Gasteiger partial charge in [-0.3, -0.25) is 9.80 Å². The summed E-state index contributed by atoms with van der Waals surface area (Å²) in [6.45, 7) is 10.1. The van der Waals surface area contributed by atoms with Gasteiger partial charge < -0.3 is 10.0 Å². The molecule has 29 heavy (non-hydrogen) atoms. The van der Waals surface area contributed by atoms with Crippen molar-refractivity contribution in [2.75, 3.05) is 36.0 Å². The number of hydrogen-bond donors (Lipinski definition) is 1. The first-order chi connectivity index (χ1) is 13.8. The highest BCUT2D eigenvalue weighted by Crippen LogP contribution is 2.37. The molecule has 0 atom stereocenters. The molecule has 2 aliphatic heterocycles. The lowest BCUT2D eigenvalue weighted by Gasteiger charge is -2.41. The van der Waals surface area contributed by atoms with Gasteiger partial charge in [-0.05, 0) is 76.4 Å². The zero-order valence-electron chi connectivity index (χ0n) is 17.5. The monoisotopic (exact) mass is 394 g/mol. The van der Waals surface area contributed by atoms with Crippen molar-refractivity contribution < 1.29 is 9.90 Å². The standard InChI is InChI=1S/C23H30N4O2/c1-23(2,3)25-12-10-17(11-13-25)18-8-9-21(24-16-18)26-14-15-27(22(28)29)20-7-5-4-6-19(20)26/h4-9,16-17H,10-15H2,1-3H3,(H,28,29). The molecule has 1 saturated heterocycles. The highest BCUT2D eigenvalue weighted by Gasteiger charge is 2.29. The predicted octanol–water partition coefficient (Wildman–Crippen LogP) is 4.70. The lowest BCUT2D eigenvalue weighted by atomic mass is 9.88. The van der Waals surface area contributed by atoms with Crippen LogP contribution in [0.1, 0.15) is 45.1 Å². The summed E-state index contributed by atoms with van der Waals surface area (Å²) in [6.07, 6.45) is 3.43. The van der Waals surface area contributed by atoms with Gasteiger partial charge in [-0.2, -0.15) is 0 Å². The average Bonchev–Trinajstić information content (AvgIpc) is 2.72. The summed E-state index contributed by atoms with van der Waals surface area (Å²) in [5, 5.41) is 9.48. The maximum atomic E-state index is 11.6. The molecule has 0 bridgehead atoms. The van der Waals surface area contributed by atoms with Crippen LogP contribution in [0.15, 0.2) is 42.6 Å². The molecule has 1 aromatic carbocycles. The fourth-order valence-corrected chi connectivity index (χ4v) is 4.48. The Morgan fingerprint density at radius 2 is 1.69 bits per heavy atom. The van der Waals surface area contributed by atoms with Crippen molar-refractivity contribution in [2.45, 2.75) is 45.1 Å². The van der Waals surface area contributed by atoms with Gasteiger partial charge in [-0.15, -0.1) is 0 Å². The molecular formula is C23H30N4O2. The van der Waals surface area contributed by atoms with Gasteiger partial charge in [-0.25, -0.2) is 9.78 Å². The minimum absolute atomic E-state index is 0.235. The van der Waals surface area contributed by atoms with Crippen molar-refractivity contribution >= 4 is 23.3 Å². The molecule has 0 aliphatic carbocycles. The first-order valence-electron chi connectivity index (χ1n) is 10.4. The van der Waals surface area contributed by atoms with Crippen molar-refractivity contribution in [1.29, 1.82) is 0 Å². The zero-order chi connectivity index (χ0) is 20.6. The molecule has 1 N–H and O–H groups in total. The summed E-state index contributed by atoms with van der Waals surface area (Å²) in [4.78, 5) is 22.4. The van der Waals surface area contributed by atoms with Crippen LogP contribution < -0.4 is 9.80 Å². The Morgan fingerprint density at radius 1 is 1.00 bits per heavy atom. The largest absolute Gasteiger partial charge is 0.465 e. The van der Waals surface area contributed by atoms with E-state index >= 15 is 0 Å². The number of piperidine rings is 1. The molecule has 6 heteroatoms. The third kappa shape index (κ3) is 3.94. The number of fused-ring (bicyclic) bond motifs is 1. The van der Waals surface area contributed by atoms with Crippen LogP contribution in [0.5, 0.6) is 0 Å². The van der Waals surface area contributed by atoms with E-state index in [1.807, 2.05) is 30.5 Å². The van der Waals surface area contributed by atoms with Crippen LogP contribution in [-0.2, 0) is 0 Å². The van der Waals surface area contributed by atoms with Gasteiger partial charge in [0.25, 0.3) is 0 Å². The summed E-state index contributed by atoms with van der Waals surface area (Å²) in [5.41, 5.74) is 3.14. The van der Waals surface area contributed by atoms with Crippen molar-refractivity contribution in [2.24, 2.45) is 0 Å². The maximum Gasteiger partial charge on any atom is 0.411 e. The smallest absolute Gasteiger partial charge is 0.411 e. The minimum Gasteiger partial charge on any atom is -0.465 e. The van der Waals surface area contributed by atoms with Crippen LogP contribution in [0, 0.1) is 0 Å². The molecule has 1 aromatic heterocycles. The number of amides is 1. The molecule has 2 aromatic rings. The number of aromatic nitrogens is 1. The Kier molecular flexibility index (Phi) is 5.21. The first kappa shape index (κ1) is 19.7. The van der Waals surface area contributed by atoms with Crippen LogP contribution >= 0.6 is 0 Å². The summed E-state index contributed by atoms with van der Waals surface area (Å²) in [5.74, 6) is 1.43. The molecule has 1 fully saturated rings. The molecule has 1 amide bonds. The third-order valence-corrected chi connectivity index (χ3v) is 6.20. The van der Waals surface area contributed by atoms with E-state index in [9.17, 15) is 9.90 Å². The molecular weight excluding hydrogens is 364 g/mol. The fraction of sp³-hybridized carbons (Fsp3) is 0.478. The Bertz CT molecular complexity index is 867. The number of likely N-dealkylation sites (tertiary alicyclic amines) is 1. The first-order valence-corrected chi connectivity index (χ1v) is 10.4. The Morgan fingerprint density at radius 3 is 2.28 bits per heavy atom. The quantitative estimate of drug-likeness (QED) is 0.800. The highest BCUT2D eigenvalue weighted by molar-refractivity contribution is 5.93. The summed E-state index contributed by atoms with van der Waals surface area (Å²) in [7, 11) is 0. The number of rotatable bonds is 2. The Balaban J connectivity index is 1.50. The molecule has 0 spiro atoms. The second-order valence-corrected chi connectivity index (χ2v) is 8.96. The van der Waals surface area contributed by atoms with Crippen molar-refractivity contribution in [3.05, 3.63) is 48.2 Å². The summed E-state index contributed by atoms with van der Waals surface area (Å²) < 4.78 is 0. The SMILES string of the molecule is CC(C)(C)N1CCC(c2ccc(N3CCN(C(=O)O)c4ccccc43)nc2)CC1. The number of para-hydroxylation sites is 2. The topological polar surface area (TPSA) is 59.9 Å². The number of anilines is 3. The number of nitrogens with zero attached hydrogens (tertiary/aromatic N) is 4. The second kappa shape index (κ2) is 7.67. The number of carbonyl (C=O) groups is 1. The average molecular weight is 395 g/mol. The predicted molar refractivity (Wildman–Crippen MR) is 116 cm³/mol. The molecule has 6 nitrogen and oxygen atoms in total. The second-order valence-electron chi connectivity index (χ2n) is 8.96. The third-order valence-electron chi connectivity index (χ3n) is 6.20. The Hall–Kier alpha value is -2.60. The highest BCUT2D eigenvalue weighted by atomic mass is 16.4. The molecule has 0 unspecified atom stereocenters. The zero-order valence-corrected chi connectivity index (χ0v) is 17.5. The lowest BCUT2D eigenvalue weighted by Crippen LogP contribution is -2.45. The van der Waals surface area contributed by atoms with E-state index < -0.39 is 6.09 Å². The van der Waals surface area contributed by atoms with Gasteiger partial charge in [0, 0.05) is 24.8 Å². The van der Waals surface area contributed by atoms with E-state index in [0.29, 0.717) is 24.7 Å². The molecule has 154 valence electrons. The maximum absolute atomic E-state index is 11.6. The van der Waals surface area contributed by atoms with E-state index in [2.05, 4.69) is 42.7 Å². The van der Waals surface area contributed by atoms with Crippen LogP contribution in [0.2, 0.25) is 0 Å². The van der Waals surface area contributed by atoms with E-state index in [4.69, 9.17) is 4.98 Å². The van der Waals surface area contributed by atoms with E-state index in [1.54, 1.807) is 0 Å². The van der Waals surface area contributed by atoms with Gasteiger partial charge >= 0.3 is 6.09 Å². The van der Waals surface area contributed by atoms with Gasteiger partial charge in [0.15, 0.2) is 0 Å². The van der Waals surface area contributed by atoms with Gasteiger partial charge in [0.2, 0.25) is 0 Å². The normalized spacial score (nSPS) is 18.6. The minimum atomic E-state index is -0.915. The van der Waals surface area contributed by atoms with E-state index in [1.165, 1.54) is 23.3 Å². The number of pyridine rings is 1. The fourth-order valence-electron chi connectivity index (χ4n) is 4.48. The number of hydrogen-bond acceptors (Lipinski definition) is 4. The van der Waals surface area contributed by atoms with Crippen LogP contribution in [0.25, 0.3) is 0 Å². The molecule has 0 saturated carbocycles. The van der Waals surface area contributed by atoms with Crippen LogP contribution in [-0.4, -0.2) is 52.8 Å². The lowest BCUT2D eigenvalue weighted by molar-refractivity contribution is 0.102. The van der Waals surface area contributed by atoms with Gasteiger partial charge in [0.05, 0.1) is 11.4 Å².